The number of hydrogen-bond acceptors (Lipinski definition) is 8. The molecule has 0 aliphatic rings. The average Bonchev–Trinajstić information content (AvgIpc) is 3.28. The second-order valence-corrected chi connectivity index (χ2v) is 5.81. The van der Waals surface area contributed by atoms with E-state index < -0.39 is 0 Å². The number of nitrogens with zero attached hydrogens (tertiary/aromatic N) is 4. The Morgan fingerprint density at radius 1 is 1.00 bits per heavy atom. The Morgan fingerprint density at radius 2 is 1.79 bits per heavy atom. The lowest BCUT2D eigenvalue weighted by Crippen LogP contribution is -2.10. The van der Waals surface area contributed by atoms with Crippen LogP contribution in [0.5, 0.6) is 17.2 Å². The van der Waals surface area contributed by atoms with Gasteiger partial charge >= 0.3 is 0 Å². The molecule has 0 fully saturated rings. The first kappa shape index (κ1) is 19.2. The molecule has 1 heterocycles. The molecule has 9 nitrogen and oxygen atoms in total. The first-order valence-corrected chi connectivity index (χ1v) is 8.56. The van der Waals surface area contributed by atoms with Gasteiger partial charge in [-0.1, -0.05) is 0 Å². The fourth-order valence-electron chi connectivity index (χ4n) is 2.71. The van der Waals surface area contributed by atoms with Crippen molar-refractivity contribution in [3.05, 3.63) is 48.3 Å². The molecule has 1 aromatic heterocycles. The molecule has 0 atom stereocenters. The molecule has 2 aromatic carbocycles. The van der Waals surface area contributed by atoms with E-state index >= 15 is 0 Å². The van der Waals surface area contributed by atoms with Gasteiger partial charge in [-0.05, 0) is 40.8 Å². The highest BCUT2D eigenvalue weighted by Crippen LogP contribution is 2.29. The normalized spacial score (nSPS) is 10.4. The number of carbonyl (C=O) groups excluding carboxylic acids is 1. The summed E-state index contributed by atoms with van der Waals surface area (Å²) in [6, 6.07) is 10.7. The summed E-state index contributed by atoms with van der Waals surface area (Å²) in [4.78, 5) is 12.5. The van der Waals surface area contributed by atoms with Crippen LogP contribution < -0.4 is 19.5 Å². The molecule has 146 valence electrons. The predicted molar refractivity (Wildman–Crippen MR) is 103 cm³/mol. The summed E-state index contributed by atoms with van der Waals surface area (Å²) in [6.07, 6.45) is 1.82. The van der Waals surface area contributed by atoms with E-state index in [0.29, 0.717) is 35.8 Å². The smallest absolute Gasteiger partial charge is 0.164 e. The van der Waals surface area contributed by atoms with Gasteiger partial charge in [0.2, 0.25) is 0 Å². The third-order valence-corrected chi connectivity index (χ3v) is 4.17. The number of tetrazole rings is 1. The minimum absolute atomic E-state index is 0.00210. The van der Waals surface area contributed by atoms with Crippen molar-refractivity contribution in [3.63, 3.8) is 0 Å². The number of methoxy groups -OCH3 is 3. The van der Waals surface area contributed by atoms with Crippen molar-refractivity contribution in [1.29, 1.82) is 0 Å². The molecule has 28 heavy (non-hydrogen) atoms. The van der Waals surface area contributed by atoms with Crippen molar-refractivity contribution in [2.75, 3.05) is 33.2 Å². The number of ketones is 1. The number of aromatic nitrogens is 4. The summed E-state index contributed by atoms with van der Waals surface area (Å²) in [5.74, 6) is 1.75. The first-order chi connectivity index (χ1) is 13.7. The molecule has 3 aromatic rings. The minimum atomic E-state index is -0.00210. The van der Waals surface area contributed by atoms with E-state index in [1.54, 1.807) is 39.5 Å². The summed E-state index contributed by atoms with van der Waals surface area (Å²) in [5, 5.41) is 14.3. The van der Waals surface area contributed by atoms with E-state index in [1.807, 2.05) is 18.2 Å². The monoisotopic (exact) mass is 383 g/mol. The highest BCUT2D eigenvalue weighted by Gasteiger charge is 2.12. The summed E-state index contributed by atoms with van der Waals surface area (Å²) in [5.41, 5.74) is 2.12. The van der Waals surface area contributed by atoms with E-state index in [9.17, 15) is 4.79 Å². The van der Waals surface area contributed by atoms with Gasteiger partial charge in [-0.25, -0.2) is 4.68 Å². The number of ether oxygens (including phenoxy) is 3. The average molecular weight is 383 g/mol. The van der Waals surface area contributed by atoms with Crippen LogP contribution in [-0.2, 0) is 0 Å². The molecule has 0 saturated carbocycles. The van der Waals surface area contributed by atoms with Crippen LogP contribution in [-0.4, -0.2) is 53.9 Å². The lowest BCUT2D eigenvalue weighted by molar-refractivity contribution is 0.0986. The van der Waals surface area contributed by atoms with E-state index in [4.69, 9.17) is 14.2 Å². The molecule has 0 spiro atoms. The van der Waals surface area contributed by atoms with Gasteiger partial charge in [0.1, 0.15) is 12.1 Å². The van der Waals surface area contributed by atoms with Crippen molar-refractivity contribution in [2.24, 2.45) is 0 Å². The second kappa shape index (κ2) is 8.85. The molecule has 0 bridgehead atoms. The fourth-order valence-corrected chi connectivity index (χ4v) is 2.71. The fraction of sp³-hybridized carbons (Fsp3) is 0.263. The standard InChI is InChI=1S/C19H21N5O4/c1-26-17-7-4-13(10-19(17)28-3)16(25)8-9-20-15-6-5-14(11-18(15)27-2)24-12-21-22-23-24/h4-7,10-12,20H,8-9H2,1-3H3. The Labute approximate surface area is 162 Å². The number of Topliss-reactive ketones (excluding diaryl/α,β-unsaturated/α-hetero) is 1. The maximum absolute atomic E-state index is 12.5. The largest absolute Gasteiger partial charge is 0.495 e. The Kier molecular flexibility index (Phi) is 6.05. The van der Waals surface area contributed by atoms with Gasteiger partial charge in [0, 0.05) is 24.6 Å². The Morgan fingerprint density at radius 3 is 2.46 bits per heavy atom. The van der Waals surface area contributed by atoms with Gasteiger partial charge in [-0.15, -0.1) is 5.10 Å². The van der Waals surface area contributed by atoms with Crippen LogP contribution in [0, 0.1) is 0 Å². The van der Waals surface area contributed by atoms with E-state index in [-0.39, 0.29) is 5.78 Å². The van der Waals surface area contributed by atoms with E-state index in [2.05, 4.69) is 20.8 Å². The zero-order chi connectivity index (χ0) is 19.9. The zero-order valence-electron chi connectivity index (χ0n) is 15.9. The summed E-state index contributed by atoms with van der Waals surface area (Å²) < 4.78 is 17.4. The van der Waals surface area contributed by atoms with Crippen molar-refractivity contribution in [2.45, 2.75) is 6.42 Å². The summed E-state index contributed by atoms with van der Waals surface area (Å²) in [7, 11) is 4.68. The Balaban J connectivity index is 1.64. The number of rotatable bonds is 9. The van der Waals surface area contributed by atoms with Gasteiger partial charge in [-0.3, -0.25) is 4.79 Å². The predicted octanol–water partition coefficient (Wildman–Crippen LogP) is 2.37. The van der Waals surface area contributed by atoms with Gasteiger partial charge < -0.3 is 19.5 Å². The van der Waals surface area contributed by atoms with Crippen LogP contribution in [0.2, 0.25) is 0 Å². The van der Waals surface area contributed by atoms with Crippen molar-refractivity contribution in [1.82, 2.24) is 20.2 Å². The van der Waals surface area contributed by atoms with Crippen LogP contribution in [0.15, 0.2) is 42.7 Å². The van der Waals surface area contributed by atoms with Crippen molar-refractivity contribution < 1.29 is 19.0 Å². The van der Waals surface area contributed by atoms with Crippen LogP contribution in [0.1, 0.15) is 16.8 Å². The van der Waals surface area contributed by atoms with Crippen LogP contribution in [0.25, 0.3) is 5.69 Å². The lowest BCUT2D eigenvalue weighted by atomic mass is 10.1. The molecule has 0 radical (unpaired) electrons. The SMILES string of the molecule is COc1cc(-n2cnnn2)ccc1NCCC(=O)c1ccc(OC)c(OC)c1. The third-order valence-electron chi connectivity index (χ3n) is 4.17. The third kappa shape index (κ3) is 4.20. The van der Waals surface area contributed by atoms with Gasteiger partial charge in [0.25, 0.3) is 0 Å². The van der Waals surface area contributed by atoms with Gasteiger partial charge in [-0.2, -0.15) is 0 Å². The molecule has 0 aliphatic carbocycles. The van der Waals surface area contributed by atoms with Crippen LogP contribution in [0.3, 0.4) is 0 Å². The maximum atomic E-state index is 12.5. The van der Waals surface area contributed by atoms with Crippen molar-refractivity contribution in [3.8, 4) is 22.9 Å². The highest BCUT2D eigenvalue weighted by atomic mass is 16.5. The number of carbonyl (C=O) groups is 1. The summed E-state index contributed by atoms with van der Waals surface area (Å²) >= 11 is 0. The number of anilines is 1. The number of hydrogen-bond donors (Lipinski definition) is 1. The number of nitrogens with one attached hydrogen (secondary N) is 1. The van der Waals surface area contributed by atoms with Gasteiger partial charge in [0.15, 0.2) is 17.3 Å². The lowest BCUT2D eigenvalue weighted by Gasteiger charge is -2.13. The molecule has 0 aliphatic heterocycles. The van der Waals surface area contributed by atoms with Crippen LogP contribution in [0.4, 0.5) is 5.69 Å². The van der Waals surface area contributed by atoms with Gasteiger partial charge in [0.05, 0.1) is 32.7 Å². The molecule has 0 amide bonds. The zero-order valence-corrected chi connectivity index (χ0v) is 15.9. The second-order valence-electron chi connectivity index (χ2n) is 5.81. The minimum Gasteiger partial charge on any atom is -0.495 e. The first-order valence-electron chi connectivity index (χ1n) is 8.56. The van der Waals surface area contributed by atoms with Crippen molar-refractivity contribution >= 4 is 11.5 Å². The maximum Gasteiger partial charge on any atom is 0.164 e. The Hall–Kier alpha value is -3.62. The van der Waals surface area contributed by atoms with E-state index in [1.165, 1.54) is 11.0 Å². The topological polar surface area (TPSA) is 100 Å². The molecule has 1 N–H and O–H groups in total. The quantitative estimate of drug-likeness (QED) is 0.562. The van der Waals surface area contributed by atoms with E-state index in [0.717, 1.165) is 11.4 Å². The molecule has 0 saturated heterocycles. The summed E-state index contributed by atoms with van der Waals surface area (Å²) in [6.45, 7) is 0.452. The molecular weight excluding hydrogens is 362 g/mol. The molecule has 3 rings (SSSR count). The Bertz CT molecular complexity index is 944. The number of benzene rings is 2. The highest BCUT2D eigenvalue weighted by molar-refractivity contribution is 5.97. The molecular formula is C19H21N5O4. The van der Waals surface area contributed by atoms with Crippen LogP contribution >= 0.6 is 0 Å². The molecule has 0 unspecified atom stereocenters. The molecule has 9 heteroatoms.